The van der Waals surface area contributed by atoms with Crippen molar-refractivity contribution in [3.63, 3.8) is 0 Å². The van der Waals surface area contributed by atoms with Crippen molar-refractivity contribution in [3.05, 3.63) is 46.4 Å². The van der Waals surface area contributed by atoms with Crippen LogP contribution in [-0.4, -0.2) is 48.5 Å². The molecule has 0 unspecified atom stereocenters. The molecule has 0 aliphatic rings. The number of ether oxygens (including phenoxy) is 3. The Kier molecular flexibility index (Phi) is 7.74. The third kappa shape index (κ3) is 5.54. The summed E-state index contributed by atoms with van der Waals surface area (Å²) in [4.78, 5) is 12.5. The quantitative estimate of drug-likeness (QED) is 0.585. The Hall–Kier alpha value is -2.46. The van der Waals surface area contributed by atoms with Crippen LogP contribution in [0.2, 0.25) is 0 Å². The molecule has 0 bridgehead atoms. The summed E-state index contributed by atoms with van der Waals surface area (Å²) in [6, 6.07) is 10.2. The number of hydrogen-bond donors (Lipinski definition) is 1. The standard InChI is InChI=1S/C19H23BrN2O6S/c1-26-16-10-9-13(18(27-2)19(16)28-3)11-21-17(23)12-22(29(4,24)25)15-8-6-5-7-14(15)20/h5-10H,11-12H2,1-4H3,(H,21,23). The van der Waals surface area contributed by atoms with Gasteiger partial charge in [0.2, 0.25) is 21.7 Å². The SMILES string of the molecule is COc1ccc(CNC(=O)CN(c2ccccc2Br)S(C)(=O)=O)c(OC)c1OC. The summed E-state index contributed by atoms with van der Waals surface area (Å²) in [5.41, 5.74) is 1.04. The molecule has 0 spiro atoms. The van der Waals surface area contributed by atoms with E-state index in [-0.39, 0.29) is 13.1 Å². The van der Waals surface area contributed by atoms with Crippen LogP contribution in [0.15, 0.2) is 40.9 Å². The van der Waals surface area contributed by atoms with Crippen LogP contribution in [0.4, 0.5) is 5.69 Å². The fraction of sp³-hybridized carbons (Fsp3) is 0.316. The lowest BCUT2D eigenvalue weighted by atomic mass is 10.1. The first-order valence-corrected chi connectivity index (χ1v) is 11.1. The van der Waals surface area contributed by atoms with E-state index in [1.54, 1.807) is 36.4 Å². The lowest BCUT2D eigenvalue weighted by molar-refractivity contribution is -0.119. The van der Waals surface area contributed by atoms with Gasteiger partial charge in [0.05, 0.1) is 33.3 Å². The predicted octanol–water partition coefficient (Wildman–Crippen LogP) is 2.56. The maximum atomic E-state index is 12.5. The number of para-hydroxylation sites is 1. The minimum Gasteiger partial charge on any atom is -0.493 e. The summed E-state index contributed by atoms with van der Waals surface area (Å²) < 4.78 is 42.0. The smallest absolute Gasteiger partial charge is 0.241 e. The topological polar surface area (TPSA) is 94.2 Å². The largest absolute Gasteiger partial charge is 0.493 e. The zero-order chi connectivity index (χ0) is 21.6. The molecular formula is C19H23BrN2O6S. The Labute approximate surface area is 178 Å². The zero-order valence-electron chi connectivity index (χ0n) is 16.6. The van der Waals surface area contributed by atoms with Crippen molar-refractivity contribution in [1.82, 2.24) is 5.32 Å². The number of anilines is 1. The third-order valence-corrected chi connectivity index (χ3v) is 5.87. The van der Waals surface area contributed by atoms with E-state index in [9.17, 15) is 13.2 Å². The van der Waals surface area contributed by atoms with Crippen molar-refractivity contribution in [2.75, 3.05) is 38.4 Å². The van der Waals surface area contributed by atoms with Gasteiger partial charge in [-0.1, -0.05) is 12.1 Å². The van der Waals surface area contributed by atoms with Gasteiger partial charge >= 0.3 is 0 Å². The number of methoxy groups -OCH3 is 3. The fourth-order valence-corrected chi connectivity index (χ4v) is 4.20. The second kappa shape index (κ2) is 9.84. The van der Waals surface area contributed by atoms with Gasteiger partial charge in [0.25, 0.3) is 0 Å². The zero-order valence-corrected chi connectivity index (χ0v) is 19.0. The van der Waals surface area contributed by atoms with Crippen molar-refractivity contribution in [2.45, 2.75) is 6.54 Å². The van der Waals surface area contributed by atoms with E-state index in [1.807, 2.05) is 0 Å². The molecule has 10 heteroatoms. The van der Waals surface area contributed by atoms with Crippen molar-refractivity contribution in [1.29, 1.82) is 0 Å². The van der Waals surface area contributed by atoms with Gasteiger partial charge < -0.3 is 19.5 Å². The summed E-state index contributed by atoms with van der Waals surface area (Å²) in [5.74, 6) is 0.866. The number of carbonyl (C=O) groups excluding carboxylic acids is 1. The number of benzene rings is 2. The highest BCUT2D eigenvalue weighted by Gasteiger charge is 2.23. The number of carbonyl (C=O) groups is 1. The Morgan fingerprint density at radius 1 is 1.03 bits per heavy atom. The van der Waals surface area contributed by atoms with Crippen LogP contribution in [0.5, 0.6) is 17.2 Å². The maximum absolute atomic E-state index is 12.5. The highest BCUT2D eigenvalue weighted by Crippen LogP contribution is 2.39. The van der Waals surface area contributed by atoms with E-state index >= 15 is 0 Å². The van der Waals surface area contributed by atoms with Crippen LogP contribution in [-0.2, 0) is 21.4 Å². The number of nitrogens with zero attached hydrogens (tertiary/aromatic N) is 1. The highest BCUT2D eigenvalue weighted by atomic mass is 79.9. The number of halogens is 1. The van der Waals surface area contributed by atoms with Crippen molar-refractivity contribution in [2.24, 2.45) is 0 Å². The lowest BCUT2D eigenvalue weighted by Gasteiger charge is -2.23. The summed E-state index contributed by atoms with van der Waals surface area (Å²) in [7, 11) is 0.822. The van der Waals surface area contributed by atoms with Gasteiger partial charge in [-0.15, -0.1) is 0 Å². The average Bonchev–Trinajstić information content (AvgIpc) is 2.69. The number of hydrogen-bond acceptors (Lipinski definition) is 6. The van der Waals surface area contributed by atoms with Gasteiger partial charge in [0.15, 0.2) is 11.5 Å². The molecule has 0 saturated heterocycles. The lowest BCUT2D eigenvalue weighted by Crippen LogP contribution is -2.40. The molecule has 2 rings (SSSR count). The van der Waals surface area contributed by atoms with Crippen LogP contribution >= 0.6 is 15.9 Å². The van der Waals surface area contributed by atoms with Gasteiger partial charge in [0.1, 0.15) is 6.54 Å². The van der Waals surface area contributed by atoms with E-state index in [0.29, 0.717) is 33.0 Å². The molecule has 1 amide bonds. The molecule has 2 aromatic rings. The number of sulfonamides is 1. The Bertz CT molecular complexity index is 981. The second-order valence-corrected chi connectivity index (χ2v) is 8.75. The number of nitrogens with one attached hydrogen (secondary N) is 1. The molecule has 29 heavy (non-hydrogen) atoms. The number of amides is 1. The molecular weight excluding hydrogens is 464 g/mol. The molecule has 0 radical (unpaired) electrons. The van der Waals surface area contributed by atoms with E-state index in [0.717, 1.165) is 10.6 Å². The van der Waals surface area contributed by atoms with E-state index in [1.165, 1.54) is 21.3 Å². The molecule has 1 N–H and O–H groups in total. The first-order valence-electron chi connectivity index (χ1n) is 8.49. The number of rotatable bonds is 9. The normalized spacial score (nSPS) is 10.9. The first-order chi connectivity index (χ1) is 13.7. The van der Waals surface area contributed by atoms with Crippen molar-refractivity contribution in [3.8, 4) is 17.2 Å². The molecule has 0 aliphatic heterocycles. The molecule has 0 aromatic heterocycles. The minimum atomic E-state index is -3.67. The second-order valence-electron chi connectivity index (χ2n) is 5.99. The van der Waals surface area contributed by atoms with Crippen LogP contribution in [0.1, 0.15) is 5.56 Å². The molecule has 8 nitrogen and oxygen atoms in total. The third-order valence-electron chi connectivity index (χ3n) is 4.07. The Morgan fingerprint density at radius 3 is 2.24 bits per heavy atom. The summed E-state index contributed by atoms with van der Waals surface area (Å²) >= 11 is 3.32. The van der Waals surface area contributed by atoms with Crippen LogP contribution in [0.25, 0.3) is 0 Å². The first kappa shape index (κ1) is 22.8. The van der Waals surface area contributed by atoms with Crippen molar-refractivity contribution >= 4 is 37.5 Å². The van der Waals surface area contributed by atoms with E-state index in [2.05, 4.69) is 21.2 Å². The molecule has 158 valence electrons. The minimum absolute atomic E-state index is 0.121. The Morgan fingerprint density at radius 2 is 1.69 bits per heavy atom. The van der Waals surface area contributed by atoms with Gasteiger partial charge in [-0.2, -0.15) is 0 Å². The molecule has 0 aliphatic carbocycles. The van der Waals surface area contributed by atoms with E-state index < -0.39 is 15.9 Å². The monoisotopic (exact) mass is 486 g/mol. The van der Waals surface area contributed by atoms with Crippen molar-refractivity contribution < 1.29 is 27.4 Å². The predicted molar refractivity (Wildman–Crippen MR) is 114 cm³/mol. The summed E-state index contributed by atoms with van der Waals surface area (Å²) in [6.45, 7) is -0.243. The van der Waals surface area contributed by atoms with Gasteiger partial charge in [-0.3, -0.25) is 9.10 Å². The van der Waals surface area contributed by atoms with Gasteiger partial charge in [0, 0.05) is 16.6 Å². The summed E-state index contributed by atoms with van der Waals surface area (Å²) in [5, 5.41) is 2.72. The van der Waals surface area contributed by atoms with Gasteiger partial charge in [-0.05, 0) is 40.2 Å². The van der Waals surface area contributed by atoms with E-state index in [4.69, 9.17) is 14.2 Å². The average molecular weight is 487 g/mol. The fourth-order valence-electron chi connectivity index (χ4n) is 2.72. The van der Waals surface area contributed by atoms with Gasteiger partial charge in [-0.25, -0.2) is 8.42 Å². The molecule has 0 heterocycles. The van der Waals surface area contributed by atoms with Crippen LogP contribution in [0, 0.1) is 0 Å². The van der Waals surface area contributed by atoms with Crippen LogP contribution < -0.4 is 23.8 Å². The molecule has 0 fully saturated rings. The molecule has 0 atom stereocenters. The molecule has 2 aromatic carbocycles. The highest BCUT2D eigenvalue weighted by molar-refractivity contribution is 9.10. The Balaban J connectivity index is 2.19. The summed E-state index contributed by atoms with van der Waals surface area (Å²) in [6.07, 6.45) is 1.05. The molecule has 0 saturated carbocycles. The van der Waals surface area contributed by atoms with Crippen LogP contribution in [0.3, 0.4) is 0 Å². The maximum Gasteiger partial charge on any atom is 0.241 e.